The first kappa shape index (κ1) is 14.6. The number of para-hydroxylation sites is 1. The number of phenolic OH excluding ortho intramolecular Hbond substituents is 1. The van der Waals surface area contributed by atoms with Crippen LogP contribution < -0.4 is 5.43 Å². The lowest BCUT2D eigenvalue weighted by Crippen LogP contribution is -2.17. The Morgan fingerprint density at radius 2 is 2.23 bits per heavy atom. The number of aromatic hydroxyl groups is 1. The fourth-order valence-corrected chi connectivity index (χ4v) is 2.67. The molecular formula is C12H12N6O2S2. The molecule has 114 valence electrons. The molecule has 22 heavy (non-hydrogen) atoms. The summed E-state index contributed by atoms with van der Waals surface area (Å²) >= 11 is 6.02. The van der Waals surface area contributed by atoms with Gasteiger partial charge in [-0.1, -0.05) is 18.2 Å². The summed E-state index contributed by atoms with van der Waals surface area (Å²) in [4.78, 5) is 0.201. The topological polar surface area (TPSA) is 105 Å². The van der Waals surface area contributed by atoms with E-state index in [2.05, 4.69) is 25.8 Å². The molecule has 0 amide bonds. The van der Waals surface area contributed by atoms with Crippen LogP contribution in [0.5, 0.6) is 5.75 Å². The van der Waals surface area contributed by atoms with E-state index in [4.69, 9.17) is 16.6 Å². The van der Waals surface area contributed by atoms with Gasteiger partial charge >= 0.3 is 0 Å². The van der Waals surface area contributed by atoms with Gasteiger partial charge in [-0.05, 0) is 25.2 Å². The Kier molecular flexibility index (Phi) is 4.11. The Labute approximate surface area is 134 Å². The van der Waals surface area contributed by atoms with Crippen LogP contribution in [0, 0.1) is 11.8 Å². The quantitative estimate of drug-likeness (QED) is 0.609. The highest BCUT2D eigenvalue weighted by Crippen LogP contribution is 2.24. The molecule has 8 nitrogen and oxygen atoms in total. The Hall–Kier alpha value is -2.33. The van der Waals surface area contributed by atoms with E-state index in [0.29, 0.717) is 22.7 Å². The van der Waals surface area contributed by atoms with Crippen molar-refractivity contribution in [2.75, 3.05) is 5.43 Å². The van der Waals surface area contributed by atoms with Gasteiger partial charge in [-0.25, -0.2) is 9.77 Å². The molecule has 0 atom stereocenters. The van der Waals surface area contributed by atoms with Gasteiger partial charge in [-0.2, -0.15) is 0 Å². The number of aryl methyl sites for hydroxylation is 1. The van der Waals surface area contributed by atoms with E-state index in [1.54, 1.807) is 16.8 Å². The van der Waals surface area contributed by atoms with E-state index >= 15 is 0 Å². The summed E-state index contributed by atoms with van der Waals surface area (Å²) in [5.74, 6) is 0.903. The molecule has 3 N–H and O–H groups in total. The normalized spacial score (nSPS) is 10.8. The van der Waals surface area contributed by atoms with Crippen molar-refractivity contribution in [1.29, 1.82) is 0 Å². The highest BCUT2D eigenvalue weighted by molar-refractivity contribution is 7.99. The zero-order chi connectivity index (χ0) is 15.5. The molecule has 0 saturated carbocycles. The van der Waals surface area contributed by atoms with Gasteiger partial charge in [0, 0.05) is 17.3 Å². The number of H-pyrrole nitrogens is 1. The van der Waals surface area contributed by atoms with E-state index in [9.17, 15) is 5.11 Å². The molecule has 0 aliphatic carbocycles. The van der Waals surface area contributed by atoms with Crippen LogP contribution >= 0.6 is 24.0 Å². The van der Waals surface area contributed by atoms with Crippen molar-refractivity contribution in [3.63, 3.8) is 0 Å². The van der Waals surface area contributed by atoms with E-state index in [1.165, 1.54) is 11.8 Å². The number of nitrogens with zero attached hydrogens (tertiary/aromatic N) is 4. The van der Waals surface area contributed by atoms with Crippen molar-refractivity contribution in [3.05, 3.63) is 40.5 Å². The molecule has 0 unspecified atom stereocenters. The molecule has 2 aromatic heterocycles. The third-order valence-corrected chi connectivity index (χ3v) is 3.78. The lowest BCUT2D eigenvalue weighted by Gasteiger charge is -2.11. The molecule has 0 aliphatic heterocycles. The number of nitrogens with one attached hydrogen (secondary N) is 2. The van der Waals surface area contributed by atoms with E-state index in [-0.39, 0.29) is 10.6 Å². The fraction of sp³-hybridized carbons (Fsp3) is 0.167. The molecule has 3 aromatic rings. The third-order valence-electron chi connectivity index (χ3n) is 2.81. The number of aromatic amines is 1. The van der Waals surface area contributed by atoms with Crippen LogP contribution in [-0.4, -0.2) is 30.2 Å². The second-order valence-electron chi connectivity index (χ2n) is 4.31. The fourth-order valence-electron chi connectivity index (χ4n) is 1.75. The number of hydrogen-bond donors (Lipinski definition) is 3. The zero-order valence-electron chi connectivity index (χ0n) is 11.5. The van der Waals surface area contributed by atoms with Crippen LogP contribution in [0.25, 0.3) is 0 Å². The zero-order valence-corrected chi connectivity index (χ0v) is 13.1. The minimum Gasteiger partial charge on any atom is -0.508 e. The van der Waals surface area contributed by atoms with Crippen molar-refractivity contribution in [1.82, 2.24) is 25.1 Å². The van der Waals surface area contributed by atoms with Gasteiger partial charge in [-0.3, -0.25) is 0 Å². The summed E-state index contributed by atoms with van der Waals surface area (Å²) in [7, 11) is 0. The van der Waals surface area contributed by atoms with E-state index < -0.39 is 0 Å². The summed E-state index contributed by atoms with van der Waals surface area (Å²) in [6.07, 6.45) is 0. The maximum absolute atomic E-state index is 9.79. The molecule has 0 saturated heterocycles. The second-order valence-corrected chi connectivity index (χ2v) is 5.60. The third kappa shape index (κ3) is 3.12. The highest BCUT2D eigenvalue weighted by Gasteiger charge is 2.13. The van der Waals surface area contributed by atoms with Crippen LogP contribution in [0.1, 0.15) is 11.4 Å². The van der Waals surface area contributed by atoms with Crippen molar-refractivity contribution in [3.8, 4) is 5.75 Å². The van der Waals surface area contributed by atoms with Crippen LogP contribution in [-0.2, 0) is 6.54 Å². The minimum atomic E-state index is 0.201. The number of benzene rings is 1. The second kappa shape index (κ2) is 6.20. The van der Waals surface area contributed by atoms with Gasteiger partial charge in [0.25, 0.3) is 10.1 Å². The van der Waals surface area contributed by atoms with Gasteiger partial charge in [0.1, 0.15) is 11.6 Å². The smallest absolute Gasteiger partial charge is 0.284 e. The van der Waals surface area contributed by atoms with Gasteiger partial charge in [0.15, 0.2) is 0 Å². The van der Waals surface area contributed by atoms with Crippen molar-refractivity contribution < 1.29 is 9.52 Å². The van der Waals surface area contributed by atoms with Crippen molar-refractivity contribution in [2.45, 2.75) is 23.8 Å². The molecule has 10 heteroatoms. The van der Waals surface area contributed by atoms with Gasteiger partial charge < -0.3 is 14.9 Å². The summed E-state index contributed by atoms with van der Waals surface area (Å²) in [6.45, 7) is 2.23. The molecule has 3 rings (SSSR count). The standard InChI is InChI=1S/C12H12N6O2S2/c1-7-14-15-10(22-12-17-16-11(21)20-12)18(7)13-6-8-4-2-3-5-9(8)19/h2-5,13,19H,6H2,1H3,(H,16,21). The molecule has 1 aromatic carbocycles. The Morgan fingerprint density at radius 1 is 1.41 bits per heavy atom. The first-order valence-corrected chi connectivity index (χ1v) is 7.52. The molecule has 0 aliphatic rings. The summed E-state index contributed by atoms with van der Waals surface area (Å²) < 4.78 is 6.89. The first-order chi connectivity index (χ1) is 10.6. The van der Waals surface area contributed by atoms with E-state index in [0.717, 1.165) is 5.56 Å². The average Bonchev–Trinajstić information content (AvgIpc) is 3.06. The number of hydrogen-bond acceptors (Lipinski definition) is 8. The monoisotopic (exact) mass is 336 g/mol. The van der Waals surface area contributed by atoms with Crippen LogP contribution in [0.4, 0.5) is 0 Å². The number of rotatable bonds is 5. The number of aromatic nitrogens is 5. The van der Waals surface area contributed by atoms with Crippen LogP contribution in [0.2, 0.25) is 0 Å². The van der Waals surface area contributed by atoms with E-state index in [1.807, 2.05) is 19.1 Å². The lowest BCUT2D eigenvalue weighted by molar-refractivity contribution is 0.440. The molecule has 0 spiro atoms. The maximum atomic E-state index is 9.79. The maximum Gasteiger partial charge on any atom is 0.284 e. The molecule has 0 radical (unpaired) electrons. The average molecular weight is 336 g/mol. The SMILES string of the molecule is Cc1nnc(Sc2n[nH]c(=S)o2)n1NCc1ccccc1O. The summed E-state index contributed by atoms with van der Waals surface area (Å²) in [5.41, 5.74) is 3.92. The number of phenols is 1. The summed E-state index contributed by atoms with van der Waals surface area (Å²) in [6, 6.07) is 7.11. The minimum absolute atomic E-state index is 0.201. The largest absolute Gasteiger partial charge is 0.508 e. The molecular weight excluding hydrogens is 324 g/mol. The predicted molar refractivity (Wildman–Crippen MR) is 81.7 cm³/mol. The van der Waals surface area contributed by atoms with Gasteiger partial charge in [0.2, 0.25) is 5.16 Å². The van der Waals surface area contributed by atoms with Gasteiger partial charge in [-0.15, -0.1) is 15.3 Å². The van der Waals surface area contributed by atoms with Crippen LogP contribution in [0.15, 0.2) is 39.1 Å². The van der Waals surface area contributed by atoms with Crippen LogP contribution in [0.3, 0.4) is 0 Å². The lowest BCUT2D eigenvalue weighted by atomic mass is 10.2. The van der Waals surface area contributed by atoms with Crippen molar-refractivity contribution in [2.24, 2.45) is 0 Å². The van der Waals surface area contributed by atoms with Crippen molar-refractivity contribution >= 4 is 24.0 Å². The first-order valence-electron chi connectivity index (χ1n) is 6.29. The molecule has 0 bridgehead atoms. The Morgan fingerprint density at radius 3 is 2.95 bits per heavy atom. The molecule has 2 heterocycles. The predicted octanol–water partition coefficient (Wildman–Crippen LogP) is 2.23. The summed E-state index contributed by atoms with van der Waals surface area (Å²) in [5, 5.41) is 25.2. The Bertz CT molecular complexity index is 840. The molecule has 0 fully saturated rings. The Balaban J connectivity index is 1.77. The highest BCUT2D eigenvalue weighted by atomic mass is 32.2. The van der Waals surface area contributed by atoms with Gasteiger partial charge in [0.05, 0.1) is 6.54 Å².